The first-order valence-corrected chi connectivity index (χ1v) is 10.7. The van der Waals surface area contributed by atoms with E-state index in [1.54, 1.807) is 31.4 Å². The van der Waals surface area contributed by atoms with Crippen molar-refractivity contribution < 1.29 is 22.7 Å². The van der Waals surface area contributed by atoms with Gasteiger partial charge in [0, 0.05) is 39.2 Å². The van der Waals surface area contributed by atoms with Gasteiger partial charge in [0.2, 0.25) is 0 Å². The molecule has 0 aliphatic carbocycles. The summed E-state index contributed by atoms with van der Waals surface area (Å²) in [6.07, 6.45) is 3.54. The Bertz CT molecular complexity index is 915. The van der Waals surface area contributed by atoms with Crippen molar-refractivity contribution in [2.75, 3.05) is 26.8 Å². The highest BCUT2D eigenvalue weighted by Crippen LogP contribution is 2.28. The lowest BCUT2D eigenvalue weighted by Crippen LogP contribution is -2.42. The number of aromatic nitrogens is 1. The van der Waals surface area contributed by atoms with E-state index in [1.165, 1.54) is 24.5 Å². The number of nitrogens with zero attached hydrogens (tertiary/aromatic N) is 1. The third kappa shape index (κ3) is 6.37. The molecule has 0 unspecified atom stereocenters. The van der Waals surface area contributed by atoms with Crippen LogP contribution >= 0.6 is 0 Å². The smallest absolute Gasteiger partial charge is 0.309 e. The van der Waals surface area contributed by atoms with Gasteiger partial charge in [0.15, 0.2) is 9.84 Å². The lowest BCUT2D eigenvalue weighted by Gasteiger charge is -2.18. The molecule has 0 spiro atoms. The fraction of sp³-hybridized carbons (Fsp3) is 0.350. The minimum atomic E-state index is -3.82. The second kappa shape index (κ2) is 10.7. The predicted molar refractivity (Wildman–Crippen MR) is 108 cm³/mol. The van der Waals surface area contributed by atoms with Crippen LogP contribution in [-0.4, -0.2) is 52.0 Å². The molecule has 0 aliphatic heterocycles. The Morgan fingerprint density at radius 1 is 1.10 bits per heavy atom. The highest BCUT2D eigenvalue weighted by atomic mass is 32.2. The van der Waals surface area contributed by atoms with Gasteiger partial charge in [0.05, 0.1) is 4.90 Å². The third-order valence-corrected chi connectivity index (χ3v) is 6.36. The van der Waals surface area contributed by atoms with Crippen LogP contribution in [-0.2, 0) is 24.2 Å². The maximum atomic E-state index is 13.2. The molecule has 1 heterocycles. The Hall–Kier alpha value is -2.78. The van der Waals surface area contributed by atoms with Crippen molar-refractivity contribution in [3.63, 3.8) is 0 Å². The van der Waals surface area contributed by atoms with Gasteiger partial charge in [0.1, 0.15) is 5.25 Å². The normalized spacial score (nSPS) is 12.2. The molecule has 2 amide bonds. The monoisotopic (exact) mass is 419 g/mol. The maximum absolute atomic E-state index is 13.2. The van der Waals surface area contributed by atoms with Crippen molar-refractivity contribution >= 4 is 21.7 Å². The molecule has 29 heavy (non-hydrogen) atoms. The Balaban J connectivity index is 2.15. The van der Waals surface area contributed by atoms with Crippen molar-refractivity contribution in [2.24, 2.45) is 0 Å². The molecule has 0 fully saturated rings. The van der Waals surface area contributed by atoms with Crippen LogP contribution in [0.2, 0.25) is 0 Å². The molecule has 0 saturated carbocycles. The van der Waals surface area contributed by atoms with E-state index in [1.807, 2.05) is 6.92 Å². The van der Waals surface area contributed by atoms with E-state index in [2.05, 4.69) is 15.6 Å². The summed E-state index contributed by atoms with van der Waals surface area (Å²) in [6.45, 7) is 2.35. The van der Waals surface area contributed by atoms with Crippen LogP contribution in [0.25, 0.3) is 0 Å². The van der Waals surface area contributed by atoms with E-state index in [0.717, 1.165) is 5.56 Å². The average molecular weight is 420 g/mol. The number of hydrogen-bond acceptors (Lipinski definition) is 6. The Labute approximate surface area is 170 Å². The number of aryl methyl sites for hydroxylation is 1. The minimum Gasteiger partial charge on any atom is -0.385 e. The summed E-state index contributed by atoms with van der Waals surface area (Å²) in [5.74, 6) is -1.71. The van der Waals surface area contributed by atoms with Crippen molar-refractivity contribution in [3.05, 3.63) is 59.9 Å². The highest BCUT2D eigenvalue weighted by Gasteiger charge is 2.30. The number of pyridine rings is 1. The quantitative estimate of drug-likeness (QED) is 0.466. The van der Waals surface area contributed by atoms with Crippen molar-refractivity contribution in [3.8, 4) is 0 Å². The molecule has 2 N–H and O–H groups in total. The number of carbonyl (C=O) groups excluding carboxylic acids is 2. The van der Waals surface area contributed by atoms with Crippen LogP contribution in [0.15, 0.2) is 53.7 Å². The number of rotatable bonds is 9. The molecule has 1 atom stereocenters. The zero-order chi connectivity index (χ0) is 21.3. The molecular formula is C20H25N3O5S. The predicted octanol–water partition coefficient (Wildman–Crippen LogP) is 1.17. The number of amides is 2. The van der Waals surface area contributed by atoms with Gasteiger partial charge in [0.25, 0.3) is 0 Å². The van der Waals surface area contributed by atoms with E-state index in [4.69, 9.17) is 4.74 Å². The van der Waals surface area contributed by atoms with Gasteiger partial charge in [-0.15, -0.1) is 0 Å². The van der Waals surface area contributed by atoms with Gasteiger partial charge < -0.3 is 15.4 Å². The molecule has 0 bridgehead atoms. The molecule has 0 saturated heterocycles. The van der Waals surface area contributed by atoms with Crippen LogP contribution in [0.3, 0.4) is 0 Å². The minimum absolute atomic E-state index is 0.134. The van der Waals surface area contributed by atoms with Crippen LogP contribution in [0.1, 0.15) is 22.8 Å². The SMILES string of the molecule is COCCCNC(=O)C(=O)NC[C@H](c1cccnc1)S(=O)(=O)c1ccc(C)cc1. The van der Waals surface area contributed by atoms with Crippen LogP contribution in [0, 0.1) is 6.92 Å². The highest BCUT2D eigenvalue weighted by molar-refractivity contribution is 7.91. The molecule has 1 aromatic carbocycles. The first kappa shape index (κ1) is 22.5. The van der Waals surface area contributed by atoms with E-state index < -0.39 is 26.9 Å². The van der Waals surface area contributed by atoms with Gasteiger partial charge in [-0.3, -0.25) is 14.6 Å². The fourth-order valence-electron chi connectivity index (χ4n) is 2.63. The van der Waals surface area contributed by atoms with Crippen LogP contribution < -0.4 is 10.6 Å². The standard InChI is InChI=1S/C20H25N3O5S/c1-15-6-8-17(9-7-15)29(26,27)18(16-5-3-10-21-13-16)14-23-20(25)19(24)22-11-4-12-28-2/h3,5-10,13,18H,4,11-12,14H2,1-2H3,(H,22,24)(H,23,25)/t18-/m1/s1. The Morgan fingerprint density at radius 2 is 1.79 bits per heavy atom. The van der Waals surface area contributed by atoms with E-state index in [-0.39, 0.29) is 18.0 Å². The molecule has 2 aromatic rings. The van der Waals surface area contributed by atoms with Crippen LogP contribution in [0.5, 0.6) is 0 Å². The summed E-state index contributed by atoms with van der Waals surface area (Å²) < 4.78 is 31.2. The van der Waals surface area contributed by atoms with Gasteiger partial charge >= 0.3 is 11.8 Å². The van der Waals surface area contributed by atoms with Crippen LogP contribution in [0.4, 0.5) is 0 Å². The van der Waals surface area contributed by atoms with E-state index in [9.17, 15) is 18.0 Å². The number of sulfone groups is 1. The fourth-order valence-corrected chi connectivity index (χ4v) is 4.27. The van der Waals surface area contributed by atoms with Gasteiger partial charge in [-0.2, -0.15) is 0 Å². The molecule has 1 aromatic heterocycles. The first-order valence-electron chi connectivity index (χ1n) is 9.11. The van der Waals surface area contributed by atoms with Gasteiger partial charge in [-0.25, -0.2) is 8.42 Å². The van der Waals surface area contributed by atoms with E-state index >= 15 is 0 Å². The molecule has 0 radical (unpaired) electrons. The topological polar surface area (TPSA) is 114 Å². The number of nitrogens with one attached hydrogen (secondary N) is 2. The molecule has 9 heteroatoms. The number of ether oxygens (including phenoxy) is 1. The van der Waals surface area contributed by atoms with Crippen molar-refractivity contribution in [1.29, 1.82) is 0 Å². The van der Waals surface area contributed by atoms with Gasteiger partial charge in [-0.1, -0.05) is 23.8 Å². The second-order valence-electron chi connectivity index (χ2n) is 6.45. The molecule has 8 nitrogen and oxygen atoms in total. The summed E-state index contributed by atoms with van der Waals surface area (Å²) in [6, 6.07) is 9.72. The average Bonchev–Trinajstić information content (AvgIpc) is 2.72. The Kier molecular flexibility index (Phi) is 8.29. The summed E-state index contributed by atoms with van der Waals surface area (Å²) in [5, 5.41) is 3.81. The Morgan fingerprint density at radius 3 is 2.41 bits per heavy atom. The zero-order valence-electron chi connectivity index (χ0n) is 16.4. The number of hydrogen-bond donors (Lipinski definition) is 2. The number of carbonyl (C=O) groups is 2. The molecular weight excluding hydrogens is 394 g/mol. The lowest BCUT2D eigenvalue weighted by molar-refractivity contribution is -0.139. The van der Waals surface area contributed by atoms with Crippen molar-refractivity contribution in [2.45, 2.75) is 23.5 Å². The summed E-state index contributed by atoms with van der Waals surface area (Å²) in [5.41, 5.74) is 1.36. The maximum Gasteiger partial charge on any atom is 0.309 e. The van der Waals surface area contributed by atoms with Gasteiger partial charge in [-0.05, 0) is 37.1 Å². The van der Waals surface area contributed by atoms with Crippen molar-refractivity contribution in [1.82, 2.24) is 15.6 Å². The molecule has 0 aliphatic rings. The number of benzene rings is 1. The number of methoxy groups -OCH3 is 1. The van der Waals surface area contributed by atoms with E-state index in [0.29, 0.717) is 18.6 Å². The largest absolute Gasteiger partial charge is 0.385 e. The summed E-state index contributed by atoms with van der Waals surface area (Å²) >= 11 is 0. The first-order chi connectivity index (χ1) is 13.9. The summed E-state index contributed by atoms with van der Waals surface area (Å²) in [4.78, 5) is 28.1. The second-order valence-corrected chi connectivity index (χ2v) is 8.58. The molecule has 2 rings (SSSR count). The summed E-state index contributed by atoms with van der Waals surface area (Å²) in [7, 11) is -2.28. The third-order valence-electron chi connectivity index (χ3n) is 4.25. The molecule has 156 valence electrons. The lowest BCUT2D eigenvalue weighted by atomic mass is 10.2. The zero-order valence-corrected chi connectivity index (χ0v) is 17.2.